The van der Waals surface area contributed by atoms with Crippen LogP contribution in [0.3, 0.4) is 0 Å². The van der Waals surface area contributed by atoms with Crippen molar-refractivity contribution >= 4 is 15.7 Å². The summed E-state index contributed by atoms with van der Waals surface area (Å²) in [6, 6.07) is 7.47. The Morgan fingerprint density at radius 2 is 2.10 bits per heavy atom. The number of nitrogens with zero attached hydrogens (tertiary/aromatic N) is 1. The number of aromatic nitrogens is 1. The number of hydrogen-bond donors (Lipinski definition) is 3. The molecule has 0 atom stereocenters. The summed E-state index contributed by atoms with van der Waals surface area (Å²) in [5, 5.41) is 0. The molecular formula is C13H15FN4O2S. The molecule has 2 aromatic rings. The van der Waals surface area contributed by atoms with E-state index in [2.05, 4.69) is 15.1 Å². The zero-order valence-corrected chi connectivity index (χ0v) is 11.9. The molecule has 0 aliphatic carbocycles. The quantitative estimate of drug-likeness (QED) is 0.547. The summed E-state index contributed by atoms with van der Waals surface area (Å²) in [6.45, 7) is 0.144. The lowest BCUT2D eigenvalue weighted by Gasteiger charge is -2.10. The van der Waals surface area contributed by atoms with Crippen LogP contribution in [0, 0.1) is 5.82 Å². The van der Waals surface area contributed by atoms with Gasteiger partial charge < -0.3 is 5.43 Å². The monoisotopic (exact) mass is 310 g/mol. The van der Waals surface area contributed by atoms with Gasteiger partial charge in [0, 0.05) is 18.9 Å². The third-order valence-electron chi connectivity index (χ3n) is 2.82. The number of nitrogen functional groups attached to an aromatic ring is 1. The lowest BCUT2D eigenvalue weighted by atomic mass is 10.1. The first-order chi connectivity index (χ1) is 10.0. The molecule has 8 heteroatoms. The van der Waals surface area contributed by atoms with Gasteiger partial charge in [-0.15, -0.1) is 0 Å². The predicted molar refractivity (Wildman–Crippen MR) is 77.3 cm³/mol. The second-order valence-corrected chi connectivity index (χ2v) is 6.03. The van der Waals surface area contributed by atoms with Gasteiger partial charge in [-0.1, -0.05) is 12.1 Å². The van der Waals surface area contributed by atoms with Gasteiger partial charge >= 0.3 is 0 Å². The Labute approximate surface area is 122 Å². The standard InChI is InChI=1S/C13H15FN4O2S/c14-11-3-1-2-10(8-11)4-7-17-21(19,20)13-9-16-6-5-12(13)18-15/h1-3,5-6,8-9,17H,4,7,15H2,(H,16,18). The number of anilines is 1. The van der Waals surface area contributed by atoms with Crippen molar-refractivity contribution in [1.29, 1.82) is 0 Å². The highest BCUT2D eigenvalue weighted by Crippen LogP contribution is 2.17. The van der Waals surface area contributed by atoms with E-state index in [0.29, 0.717) is 12.0 Å². The van der Waals surface area contributed by atoms with Crippen LogP contribution in [0.5, 0.6) is 0 Å². The molecule has 1 aromatic carbocycles. The van der Waals surface area contributed by atoms with E-state index in [1.165, 1.54) is 30.6 Å². The highest BCUT2D eigenvalue weighted by molar-refractivity contribution is 7.89. The fourth-order valence-electron chi connectivity index (χ4n) is 1.81. The molecular weight excluding hydrogens is 295 g/mol. The fourth-order valence-corrected chi connectivity index (χ4v) is 2.96. The molecule has 0 aliphatic rings. The lowest BCUT2D eigenvalue weighted by molar-refractivity contribution is 0.581. The number of benzene rings is 1. The maximum Gasteiger partial charge on any atom is 0.244 e. The molecule has 0 saturated carbocycles. The SMILES string of the molecule is NNc1ccncc1S(=O)(=O)NCCc1cccc(F)c1. The Hall–Kier alpha value is -2.03. The molecule has 0 amide bonds. The van der Waals surface area contributed by atoms with Crippen molar-refractivity contribution in [2.45, 2.75) is 11.3 Å². The number of hydrogen-bond acceptors (Lipinski definition) is 5. The Morgan fingerprint density at radius 1 is 1.29 bits per heavy atom. The van der Waals surface area contributed by atoms with Crippen LogP contribution in [0.4, 0.5) is 10.1 Å². The minimum Gasteiger partial charge on any atom is -0.323 e. The van der Waals surface area contributed by atoms with Gasteiger partial charge in [-0.25, -0.2) is 17.5 Å². The average molecular weight is 310 g/mol. The molecule has 1 heterocycles. The van der Waals surface area contributed by atoms with Crippen LogP contribution in [-0.4, -0.2) is 19.9 Å². The molecule has 0 bridgehead atoms. The largest absolute Gasteiger partial charge is 0.323 e. The smallest absolute Gasteiger partial charge is 0.244 e. The minimum absolute atomic E-state index is 0.0354. The number of nitrogens with two attached hydrogens (primary N) is 1. The van der Waals surface area contributed by atoms with E-state index in [4.69, 9.17) is 5.84 Å². The van der Waals surface area contributed by atoms with E-state index in [0.717, 1.165) is 0 Å². The van der Waals surface area contributed by atoms with E-state index in [1.54, 1.807) is 12.1 Å². The van der Waals surface area contributed by atoms with Crippen molar-refractivity contribution in [3.8, 4) is 0 Å². The summed E-state index contributed by atoms with van der Waals surface area (Å²) in [5.41, 5.74) is 3.27. The summed E-state index contributed by atoms with van der Waals surface area (Å²) in [5.74, 6) is 4.92. The van der Waals surface area contributed by atoms with Crippen LogP contribution in [0.2, 0.25) is 0 Å². The van der Waals surface area contributed by atoms with Crippen molar-refractivity contribution in [3.63, 3.8) is 0 Å². The van der Waals surface area contributed by atoms with E-state index in [-0.39, 0.29) is 22.9 Å². The highest BCUT2D eigenvalue weighted by atomic mass is 32.2. The summed E-state index contributed by atoms with van der Waals surface area (Å²) in [4.78, 5) is 3.74. The molecule has 0 aliphatic heterocycles. The van der Waals surface area contributed by atoms with E-state index in [9.17, 15) is 12.8 Å². The molecule has 0 saturated heterocycles. The maximum atomic E-state index is 13.0. The zero-order chi connectivity index (χ0) is 15.3. The van der Waals surface area contributed by atoms with Gasteiger partial charge in [-0.05, 0) is 30.2 Å². The van der Waals surface area contributed by atoms with Gasteiger partial charge in [0.05, 0.1) is 5.69 Å². The van der Waals surface area contributed by atoms with Crippen LogP contribution < -0.4 is 16.0 Å². The normalized spacial score (nSPS) is 11.3. The summed E-state index contributed by atoms with van der Waals surface area (Å²) in [6.07, 6.45) is 3.02. The molecule has 6 nitrogen and oxygen atoms in total. The van der Waals surface area contributed by atoms with Crippen molar-refractivity contribution in [2.75, 3.05) is 12.0 Å². The zero-order valence-electron chi connectivity index (χ0n) is 11.1. The van der Waals surface area contributed by atoms with Gasteiger partial charge in [0.2, 0.25) is 10.0 Å². The summed E-state index contributed by atoms with van der Waals surface area (Å²) in [7, 11) is -3.73. The number of sulfonamides is 1. The molecule has 21 heavy (non-hydrogen) atoms. The number of nitrogens with one attached hydrogen (secondary N) is 2. The van der Waals surface area contributed by atoms with E-state index < -0.39 is 10.0 Å². The Kier molecular flexibility index (Phi) is 4.84. The van der Waals surface area contributed by atoms with Crippen LogP contribution in [0.1, 0.15) is 5.56 Å². The van der Waals surface area contributed by atoms with E-state index >= 15 is 0 Å². The Bertz CT molecular complexity index is 722. The molecule has 0 radical (unpaired) electrons. The van der Waals surface area contributed by atoms with Gasteiger partial charge in [0.1, 0.15) is 10.7 Å². The number of rotatable bonds is 6. The predicted octanol–water partition coefficient (Wildman–Crippen LogP) is 1.03. The van der Waals surface area contributed by atoms with Crippen LogP contribution in [0.25, 0.3) is 0 Å². The van der Waals surface area contributed by atoms with Gasteiger partial charge in [0.25, 0.3) is 0 Å². The molecule has 4 N–H and O–H groups in total. The summed E-state index contributed by atoms with van der Waals surface area (Å²) < 4.78 is 39.8. The van der Waals surface area contributed by atoms with Crippen molar-refractivity contribution in [2.24, 2.45) is 5.84 Å². The Morgan fingerprint density at radius 3 is 2.81 bits per heavy atom. The first-order valence-corrected chi connectivity index (χ1v) is 7.66. The molecule has 0 spiro atoms. The average Bonchev–Trinajstić information content (AvgIpc) is 2.47. The molecule has 0 unspecified atom stereocenters. The van der Waals surface area contributed by atoms with E-state index in [1.807, 2.05) is 0 Å². The van der Waals surface area contributed by atoms with Gasteiger partial charge in [-0.2, -0.15) is 0 Å². The second kappa shape index (κ2) is 6.61. The van der Waals surface area contributed by atoms with Crippen molar-refractivity contribution < 1.29 is 12.8 Å². The maximum absolute atomic E-state index is 13.0. The van der Waals surface area contributed by atoms with Gasteiger partial charge in [-0.3, -0.25) is 10.8 Å². The third-order valence-corrected chi connectivity index (χ3v) is 4.31. The summed E-state index contributed by atoms with van der Waals surface area (Å²) >= 11 is 0. The number of halogens is 1. The number of hydrazine groups is 1. The van der Waals surface area contributed by atoms with Gasteiger partial charge in [0.15, 0.2) is 0 Å². The van der Waals surface area contributed by atoms with Crippen LogP contribution >= 0.6 is 0 Å². The first-order valence-electron chi connectivity index (χ1n) is 6.17. The molecule has 112 valence electrons. The topological polar surface area (TPSA) is 97.1 Å². The highest BCUT2D eigenvalue weighted by Gasteiger charge is 2.17. The minimum atomic E-state index is -3.73. The number of pyridine rings is 1. The molecule has 0 fully saturated rings. The van der Waals surface area contributed by atoms with Crippen molar-refractivity contribution in [1.82, 2.24) is 9.71 Å². The second-order valence-electron chi connectivity index (χ2n) is 4.29. The molecule has 1 aromatic heterocycles. The van der Waals surface area contributed by atoms with Crippen LogP contribution in [0.15, 0.2) is 47.6 Å². The molecule has 2 rings (SSSR count). The van der Waals surface area contributed by atoms with Crippen LogP contribution in [-0.2, 0) is 16.4 Å². The Balaban J connectivity index is 2.05. The van der Waals surface area contributed by atoms with Crippen molar-refractivity contribution in [3.05, 3.63) is 54.1 Å². The fraction of sp³-hybridized carbons (Fsp3) is 0.154. The first kappa shape index (κ1) is 15.4. The third kappa shape index (κ3) is 3.97. The lowest BCUT2D eigenvalue weighted by Crippen LogP contribution is -2.27.